The fourth-order valence-corrected chi connectivity index (χ4v) is 3.06. The lowest BCUT2D eigenvalue weighted by molar-refractivity contribution is -0.116. The molecule has 18 heavy (non-hydrogen) atoms. The summed E-state index contributed by atoms with van der Waals surface area (Å²) in [6.45, 7) is 0.0401. The minimum Gasteiger partial charge on any atom is -0.396 e. The van der Waals surface area contributed by atoms with Crippen LogP contribution in [0.2, 0.25) is 0 Å². The van der Waals surface area contributed by atoms with E-state index in [0.29, 0.717) is 12.8 Å². The van der Waals surface area contributed by atoms with Gasteiger partial charge in [0.15, 0.2) is 4.34 Å². The first-order valence-corrected chi connectivity index (χ1v) is 7.62. The molecule has 4 nitrogen and oxygen atoms in total. The smallest absolute Gasteiger partial charge is 0.224 e. The third kappa shape index (κ3) is 3.22. The van der Waals surface area contributed by atoms with Gasteiger partial charge in [0.05, 0.1) is 10.2 Å². The van der Waals surface area contributed by atoms with Crippen LogP contribution in [0.25, 0.3) is 10.2 Å². The molecule has 1 aromatic carbocycles. The van der Waals surface area contributed by atoms with Crippen molar-refractivity contribution in [2.45, 2.75) is 17.2 Å². The van der Waals surface area contributed by atoms with Crippen LogP contribution < -0.4 is 5.32 Å². The summed E-state index contributed by atoms with van der Waals surface area (Å²) in [6.07, 6.45) is 2.83. The number of nitrogens with one attached hydrogen (secondary N) is 1. The van der Waals surface area contributed by atoms with Gasteiger partial charge in [-0.05, 0) is 30.9 Å². The van der Waals surface area contributed by atoms with Gasteiger partial charge < -0.3 is 10.4 Å². The molecule has 0 unspecified atom stereocenters. The van der Waals surface area contributed by atoms with Crippen LogP contribution in [0.5, 0.6) is 0 Å². The molecule has 0 aliphatic heterocycles. The summed E-state index contributed by atoms with van der Waals surface area (Å²) in [5, 5.41) is 11.5. The highest BCUT2D eigenvalue weighted by Crippen LogP contribution is 2.29. The molecular formula is C12H14N2O2S2. The average Bonchev–Trinajstić information content (AvgIpc) is 2.78. The normalized spacial score (nSPS) is 10.8. The quantitative estimate of drug-likeness (QED) is 0.828. The maximum atomic E-state index is 11.5. The molecule has 0 saturated heterocycles. The minimum atomic E-state index is -0.0713. The number of aliphatic hydroxyl groups is 1. The molecule has 2 rings (SSSR count). The Balaban J connectivity index is 2.11. The van der Waals surface area contributed by atoms with Gasteiger partial charge in [0.2, 0.25) is 5.91 Å². The van der Waals surface area contributed by atoms with Crippen LogP contribution in [0.1, 0.15) is 12.8 Å². The molecule has 0 fully saturated rings. The van der Waals surface area contributed by atoms with Gasteiger partial charge >= 0.3 is 0 Å². The van der Waals surface area contributed by atoms with Gasteiger partial charge in [-0.3, -0.25) is 4.79 Å². The van der Waals surface area contributed by atoms with Crippen molar-refractivity contribution in [3.63, 3.8) is 0 Å². The molecule has 2 N–H and O–H groups in total. The standard InChI is InChI=1S/C12H14N2O2S2/c1-17-12-14-9-5-4-8(7-10(9)18-12)13-11(16)3-2-6-15/h4-5,7,15H,2-3,6H2,1H3,(H,13,16). The van der Waals surface area contributed by atoms with Crippen LogP contribution in [0, 0.1) is 0 Å². The van der Waals surface area contributed by atoms with Gasteiger partial charge in [-0.15, -0.1) is 11.3 Å². The number of aromatic nitrogens is 1. The third-order valence-electron chi connectivity index (χ3n) is 2.39. The number of carbonyl (C=O) groups is 1. The molecule has 0 spiro atoms. The van der Waals surface area contributed by atoms with E-state index in [1.54, 1.807) is 23.1 Å². The van der Waals surface area contributed by atoms with E-state index in [0.717, 1.165) is 20.2 Å². The van der Waals surface area contributed by atoms with Crippen molar-refractivity contribution >= 4 is 44.9 Å². The Bertz CT molecular complexity index is 554. The minimum absolute atomic E-state index is 0.0401. The summed E-state index contributed by atoms with van der Waals surface area (Å²) < 4.78 is 2.09. The number of benzene rings is 1. The van der Waals surface area contributed by atoms with E-state index < -0.39 is 0 Å². The SMILES string of the molecule is CSc1nc2ccc(NC(=O)CCCO)cc2s1. The highest BCUT2D eigenvalue weighted by atomic mass is 32.2. The van der Waals surface area contributed by atoms with Gasteiger partial charge in [0, 0.05) is 18.7 Å². The zero-order valence-corrected chi connectivity index (χ0v) is 11.6. The van der Waals surface area contributed by atoms with Gasteiger partial charge in [-0.2, -0.15) is 0 Å². The van der Waals surface area contributed by atoms with Crippen molar-refractivity contribution in [2.24, 2.45) is 0 Å². The fourth-order valence-electron chi connectivity index (χ4n) is 1.53. The number of fused-ring (bicyclic) bond motifs is 1. The van der Waals surface area contributed by atoms with Crippen molar-refractivity contribution in [3.05, 3.63) is 18.2 Å². The monoisotopic (exact) mass is 282 g/mol. The number of anilines is 1. The summed E-state index contributed by atoms with van der Waals surface area (Å²) in [5.74, 6) is -0.0713. The lowest BCUT2D eigenvalue weighted by Gasteiger charge is -2.03. The number of carbonyl (C=O) groups excluding carboxylic acids is 1. The molecular weight excluding hydrogens is 268 g/mol. The summed E-state index contributed by atoms with van der Waals surface area (Å²) in [7, 11) is 0. The van der Waals surface area contributed by atoms with E-state index in [1.165, 1.54) is 0 Å². The lowest BCUT2D eigenvalue weighted by atomic mass is 10.2. The molecule has 0 bridgehead atoms. The summed E-state index contributed by atoms with van der Waals surface area (Å²) in [5.41, 5.74) is 1.74. The topological polar surface area (TPSA) is 62.2 Å². The van der Waals surface area contributed by atoms with E-state index >= 15 is 0 Å². The Morgan fingerprint density at radius 1 is 1.56 bits per heavy atom. The largest absolute Gasteiger partial charge is 0.396 e. The second kappa shape index (κ2) is 6.17. The predicted molar refractivity (Wildman–Crippen MR) is 76.4 cm³/mol. The molecule has 2 aromatic rings. The maximum Gasteiger partial charge on any atom is 0.224 e. The van der Waals surface area contributed by atoms with Crippen molar-refractivity contribution in [1.82, 2.24) is 4.98 Å². The number of hydrogen-bond acceptors (Lipinski definition) is 5. The number of aliphatic hydroxyl groups excluding tert-OH is 1. The molecule has 0 aliphatic rings. The van der Waals surface area contributed by atoms with Gasteiger partial charge in [0.1, 0.15) is 0 Å². The van der Waals surface area contributed by atoms with Gasteiger partial charge in [-0.25, -0.2) is 4.98 Å². The predicted octanol–water partition coefficient (Wildman–Crippen LogP) is 2.73. The second-order valence-corrected chi connectivity index (χ2v) is 5.83. The Kier molecular flexibility index (Phi) is 4.57. The van der Waals surface area contributed by atoms with E-state index in [9.17, 15) is 4.79 Å². The average molecular weight is 282 g/mol. The number of thiazole rings is 1. The number of nitrogens with zero attached hydrogens (tertiary/aromatic N) is 1. The first kappa shape index (κ1) is 13.3. The van der Waals surface area contributed by atoms with Crippen molar-refractivity contribution in [2.75, 3.05) is 18.2 Å². The van der Waals surface area contributed by atoms with Crippen LogP contribution in [-0.2, 0) is 4.79 Å². The molecule has 0 atom stereocenters. The second-order valence-electron chi connectivity index (χ2n) is 3.74. The first-order valence-electron chi connectivity index (χ1n) is 5.58. The van der Waals surface area contributed by atoms with Crippen LogP contribution in [0.15, 0.2) is 22.5 Å². The lowest BCUT2D eigenvalue weighted by Crippen LogP contribution is -2.11. The number of rotatable bonds is 5. The molecule has 1 amide bonds. The van der Waals surface area contributed by atoms with Crippen molar-refractivity contribution < 1.29 is 9.90 Å². The highest BCUT2D eigenvalue weighted by Gasteiger charge is 2.06. The van der Waals surface area contributed by atoms with Crippen LogP contribution in [0.3, 0.4) is 0 Å². The molecule has 0 radical (unpaired) electrons. The fraction of sp³-hybridized carbons (Fsp3) is 0.333. The Morgan fingerprint density at radius 3 is 3.11 bits per heavy atom. The molecule has 1 heterocycles. The molecule has 0 aliphatic carbocycles. The van der Waals surface area contributed by atoms with Crippen LogP contribution in [-0.4, -0.2) is 28.9 Å². The third-order valence-corrected chi connectivity index (χ3v) is 4.39. The maximum absolute atomic E-state index is 11.5. The summed E-state index contributed by atoms with van der Waals surface area (Å²) in [4.78, 5) is 16.0. The van der Waals surface area contributed by atoms with E-state index in [1.807, 2.05) is 24.5 Å². The Morgan fingerprint density at radius 2 is 2.39 bits per heavy atom. The van der Waals surface area contributed by atoms with E-state index in [4.69, 9.17) is 5.11 Å². The van der Waals surface area contributed by atoms with Gasteiger partial charge in [0.25, 0.3) is 0 Å². The first-order chi connectivity index (χ1) is 8.72. The highest BCUT2D eigenvalue weighted by molar-refractivity contribution is 8.00. The zero-order chi connectivity index (χ0) is 13.0. The van der Waals surface area contributed by atoms with Crippen molar-refractivity contribution in [1.29, 1.82) is 0 Å². The Labute approximate surface area is 113 Å². The van der Waals surface area contributed by atoms with Gasteiger partial charge in [-0.1, -0.05) is 11.8 Å². The molecule has 96 valence electrons. The van der Waals surface area contributed by atoms with Crippen LogP contribution in [0.4, 0.5) is 5.69 Å². The number of amides is 1. The zero-order valence-electron chi connectivity index (χ0n) is 9.97. The Hall–Kier alpha value is -1.11. The van der Waals surface area contributed by atoms with E-state index in [2.05, 4.69) is 10.3 Å². The van der Waals surface area contributed by atoms with Crippen LogP contribution >= 0.6 is 23.1 Å². The molecule has 6 heteroatoms. The molecule has 0 saturated carbocycles. The number of thioether (sulfide) groups is 1. The van der Waals surface area contributed by atoms with Crippen molar-refractivity contribution in [3.8, 4) is 0 Å². The van der Waals surface area contributed by atoms with E-state index in [-0.39, 0.29) is 12.5 Å². The summed E-state index contributed by atoms with van der Waals surface area (Å²) in [6, 6.07) is 5.69. The number of hydrogen-bond donors (Lipinski definition) is 2. The molecule has 1 aromatic heterocycles. The summed E-state index contributed by atoms with van der Waals surface area (Å²) >= 11 is 3.23.